The molecule has 4 aliphatic rings. The molecular weight excluding hydrogens is 536 g/mol. The Morgan fingerprint density at radius 1 is 0.902 bits per heavy atom. The van der Waals surface area contributed by atoms with Crippen LogP contribution in [0.25, 0.3) is 0 Å². The third-order valence-corrected chi connectivity index (χ3v) is 11.0. The number of aliphatic hydroxyl groups is 1. The maximum Gasteiger partial charge on any atom is 0.251 e. The Morgan fingerprint density at radius 3 is 2.27 bits per heavy atom. The topological polar surface area (TPSA) is 84.4 Å². The number of hydrogen-bond acceptors (Lipinski definition) is 6. The molecule has 2 saturated heterocycles. The van der Waals surface area contributed by atoms with Gasteiger partial charge in [0.25, 0.3) is 5.91 Å². The minimum Gasteiger partial charge on any atom is -0.396 e. The van der Waals surface area contributed by atoms with E-state index in [1.54, 1.807) is 21.6 Å². The fraction of sp³-hybridized carbons (Fsp3) is 0.594. The Hall–Kier alpha value is -2.78. The number of nitrogens with zero attached hydrogens (tertiary/aromatic N) is 4. The van der Waals surface area contributed by atoms with E-state index >= 15 is 0 Å². The summed E-state index contributed by atoms with van der Waals surface area (Å²) < 4.78 is -1.45. The first-order valence-corrected chi connectivity index (χ1v) is 16.0. The van der Waals surface area contributed by atoms with Gasteiger partial charge in [-0.1, -0.05) is 31.2 Å². The minimum atomic E-state index is -0.849. The van der Waals surface area contributed by atoms with Crippen molar-refractivity contribution in [3.63, 3.8) is 0 Å². The summed E-state index contributed by atoms with van der Waals surface area (Å²) in [6.07, 6.45) is 10.3. The average molecular weight is 581 g/mol. The number of unbranched alkanes of at least 4 members (excludes halogenated alkanes) is 1. The molecule has 1 aromatic rings. The zero-order valence-electron chi connectivity index (χ0n) is 24.8. The summed E-state index contributed by atoms with van der Waals surface area (Å²) in [5.74, 6) is -1.40. The Labute approximate surface area is 248 Å². The van der Waals surface area contributed by atoms with E-state index < -0.39 is 27.4 Å². The summed E-state index contributed by atoms with van der Waals surface area (Å²) in [4.78, 5) is 50.7. The van der Waals surface area contributed by atoms with Crippen LogP contribution in [-0.2, 0) is 14.4 Å². The first kappa shape index (κ1) is 29.7. The second-order valence-electron chi connectivity index (χ2n) is 11.7. The van der Waals surface area contributed by atoms with Crippen LogP contribution in [0.4, 0.5) is 11.4 Å². The third-order valence-electron chi connectivity index (χ3n) is 9.23. The van der Waals surface area contributed by atoms with Crippen LogP contribution in [-0.4, -0.2) is 94.0 Å². The van der Waals surface area contributed by atoms with Crippen molar-refractivity contribution >= 4 is 40.9 Å². The molecule has 4 aliphatic heterocycles. The number of hydrogen-bond donors (Lipinski definition) is 1. The highest BCUT2D eigenvalue weighted by Crippen LogP contribution is 2.65. The SMILES string of the molecule is CCCN1CC=C[C@]2(C)S[C@]34C=CCN(c5ccc(N(CC)CC)cc5)C(=O)C3N(CCCCO)C(=O)[C@@H]4[C@@H]2C1=O. The summed E-state index contributed by atoms with van der Waals surface area (Å²) in [7, 11) is 0. The van der Waals surface area contributed by atoms with Crippen molar-refractivity contribution < 1.29 is 19.5 Å². The maximum atomic E-state index is 14.6. The van der Waals surface area contributed by atoms with Gasteiger partial charge in [-0.2, -0.15) is 0 Å². The van der Waals surface area contributed by atoms with Crippen LogP contribution >= 0.6 is 11.8 Å². The van der Waals surface area contributed by atoms with Crippen LogP contribution in [0, 0.1) is 11.8 Å². The van der Waals surface area contributed by atoms with E-state index in [1.165, 1.54) is 0 Å². The molecule has 1 unspecified atom stereocenters. The van der Waals surface area contributed by atoms with Gasteiger partial charge < -0.3 is 24.7 Å². The zero-order valence-corrected chi connectivity index (χ0v) is 25.6. The van der Waals surface area contributed by atoms with Gasteiger partial charge in [0.2, 0.25) is 11.8 Å². The summed E-state index contributed by atoms with van der Waals surface area (Å²) in [6.45, 7) is 12.2. The van der Waals surface area contributed by atoms with Crippen LogP contribution in [0.3, 0.4) is 0 Å². The molecule has 4 heterocycles. The van der Waals surface area contributed by atoms with Crippen LogP contribution in [0.15, 0.2) is 48.6 Å². The highest BCUT2D eigenvalue weighted by molar-refractivity contribution is 8.02. The van der Waals surface area contributed by atoms with E-state index in [4.69, 9.17) is 0 Å². The standard InChI is InChI=1S/C32H44N4O4S/c1-5-18-34-19-10-16-31(4)25(28(34)38)26-29(39)36(20-8-9-22-37)27-30(40)35(21-11-17-32(26,27)41-31)24-14-12-23(13-15-24)33(6-2)7-3/h10-17,25-27,37H,5-9,18-22H2,1-4H3/t25-,26+,27?,31+,32+/m1/s1. The van der Waals surface area contributed by atoms with Crippen molar-refractivity contribution in [1.82, 2.24) is 9.80 Å². The molecule has 5 rings (SSSR count). The minimum absolute atomic E-state index is 0.00646. The molecular formula is C32H44N4O4S. The summed E-state index contributed by atoms with van der Waals surface area (Å²) in [5, 5.41) is 9.46. The average Bonchev–Trinajstić information content (AvgIpc) is 3.23. The first-order valence-electron chi connectivity index (χ1n) is 15.2. The number of aliphatic hydroxyl groups excluding tert-OH is 1. The Balaban J connectivity index is 1.56. The van der Waals surface area contributed by atoms with Crippen molar-refractivity contribution in [3.05, 3.63) is 48.6 Å². The monoisotopic (exact) mass is 580 g/mol. The molecule has 1 N–H and O–H groups in total. The molecule has 41 heavy (non-hydrogen) atoms. The number of rotatable bonds is 10. The van der Waals surface area contributed by atoms with Gasteiger partial charge in [0.1, 0.15) is 6.04 Å². The van der Waals surface area contributed by atoms with E-state index in [0.717, 1.165) is 30.9 Å². The second kappa shape index (κ2) is 11.8. The number of carbonyl (C=O) groups excluding carboxylic acids is 3. The first-order chi connectivity index (χ1) is 19.8. The molecule has 222 valence electrons. The Kier molecular flexibility index (Phi) is 8.58. The predicted molar refractivity (Wildman–Crippen MR) is 165 cm³/mol. The molecule has 1 aromatic carbocycles. The number of anilines is 2. The normalized spacial score (nSPS) is 30.8. The smallest absolute Gasteiger partial charge is 0.251 e. The van der Waals surface area contributed by atoms with Gasteiger partial charge in [-0.15, -0.1) is 11.8 Å². The summed E-state index contributed by atoms with van der Waals surface area (Å²) in [6, 6.07) is 7.36. The molecule has 0 bridgehead atoms. The zero-order chi connectivity index (χ0) is 29.4. The molecule has 0 saturated carbocycles. The van der Waals surface area contributed by atoms with Crippen LogP contribution in [0.1, 0.15) is 47.0 Å². The molecule has 9 heteroatoms. The fourth-order valence-corrected chi connectivity index (χ4v) is 9.50. The van der Waals surface area contributed by atoms with Crippen molar-refractivity contribution in [1.29, 1.82) is 0 Å². The molecule has 0 aromatic heterocycles. The molecule has 3 amide bonds. The Bertz CT molecular complexity index is 1210. The molecule has 5 atom stereocenters. The van der Waals surface area contributed by atoms with Crippen LogP contribution in [0.2, 0.25) is 0 Å². The fourth-order valence-electron chi connectivity index (χ4n) is 7.34. The lowest BCUT2D eigenvalue weighted by Crippen LogP contribution is -2.53. The van der Waals surface area contributed by atoms with Gasteiger partial charge in [0.15, 0.2) is 0 Å². The van der Waals surface area contributed by atoms with Gasteiger partial charge in [-0.25, -0.2) is 0 Å². The number of fused-ring (bicyclic) bond motifs is 2. The number of likely N-dealkylation sites (tertiary alicyclic amines) is 1. The van der Waals surface area contributed by atoms with Gasteiger partial charge in [-0.05, 0) is 64.3 Å². The van der Waals surface area contributed by atoms with Crippen molar-refractivity contribution in [2.24, 2.45) is 11.8 Å². The van der Waals surface area contributed by atoms with E-state index in [-0.39, 0.29) is 24.3 Å². The highest BCUT2D eigenvalue weighted by Gasteiger charge is 2.73. The number of carbonyl (C=O) groups is 3. The second-order valence-corrected chi connectivity index (χ2v) is 13.5. The number of thioether (sulfide) groups is 1. The molecule has 2 fully saturated rings. The van der Waals surface area contributed by atoms with Crippen molar-refractivity contribution in [3.8, 4) is 0 Å². The van der Waals surface area contributed by atoms with Crippen LogP contribution in [0.5, 0.6) is 0 Å². The van der Waals surface area contributed by atoms with Crippen molar-refractivity contribution in [2.45, 2.75) is 62.5 Å². The summed E-state index contributed by atoms with van der Waals surface area (Å²) >= 11 is 1.62. The molecule has 1 spiro atoms. The van der Waals surface area contributed by atoms with E-state index in [2.05, 4.69) is 63.0 Å². The highest BCUT2D eigenvalue weighted by atomic mass is 32.2. The number of benzene rings is 1. The lowest BCUT2D eigenvalue weighted by Gasteiger charge is -2.37. The number of amides is 3. The van der Waals surface area contributed by atoms with E-state index in [9.17, 15) is 19.5 Å². The van der Waals surface area contributed by atoms with Crippen LogP contribution < -0.4 is 9.80 Å². The largest absolute Gasteiger partial charge is 0.396 e. The van der Waals surface area contributed by atoms with Gasteiger partial charge >= 0.3 is 0 Å². The quantitative estimate of drug-likeness (QED) is 0.336. The van der Waals surface area contributed by atoms with Gasteiger partial charge in [-0.3, -0.25) is 14.4 Å². The summed E-state index contributed by atoms with van der Waals surface area (Å²) in [5.41, 5.74) is 1.91. The van der Waals surface area contributed by atoms with E-state index in [0.29, 0.717) is 39.0 Å². The van der Waals surface area contributed by atoms with Gasteiger partial charge in [0.05, 0.1) is 16.6 Å². The van der Waals surface area contributed by atoms with Gasteiger partial charge in [0, 0.05) is 62.0 Å². The van der Waals surface area contributed by atoms with E-state index in [1.807, 2.05) is 23.1 Å². The Morgan fingerprint density at radius 2 is 1.61 bits per heavy atom. The third kappa shape index (κ3) is 4.88. The molecule has 0 radical (unpaired) electrons. The predicted octanol–water partition coefficient (Wildman–Crippen LogP) is 3.70. The molecule has 8 nitrogen and oxygen atoms in total. The lowest BCUT2D eigenvalue weighted by atomic mass is 9.74. The maximum absolute atomic E-state index is 14.6. The molecule has 0 aliphatic carbocycles. The lowest BCUT2D eigenvalue weighted by molar-refractivity contribution is -0.143. The van der Waals surface area contributed by atoms with Crippen molar-refractivity contribution in [2.75, 3.05) is 55.7 Å².